The summed E-state index contributed by atoms with van der Waals surface area (Å²) in [5.74, 6) is 0.433. The Bertz CT molecular complexity index is 273. The minimum absolute atomic E-state index is 0.259. The number of halogens is 1. The maximum Gasteiger partial charge on any atom is 0.0178 e. The second kappa shape index (κ2) is 4.77. The van der Waals surface area contributed by atoms with Crippen LogP contribution in [0.3, 0.4) is 0 Å². The zero-order valence-corrected chi connectivity index (χ0v) is 9.71. The molecule has 1 aromatic rings. The van der Waals surface area contributed by atoms with E-state index < -0.39 is 0 Å². The van der Waals surface area contributed by atoms with Gasteiger partial charge in [-0.2, -0.15) is 0 Å². The predicted molar refractivity (Wildman–Crippen MR) is 60.8 cm³/mol. The van der Waals surface area contributed by atoms with E-state index in [1.807, 2.05) is 6.07 Å². The average molecular weight is 242 g/mol. The van der Waals surface area contributed by atoms with Gasteiger partial charge in [0.05, 0.1) is 0 Å². The molecule has 2 heteroatoms. The van der Waals surface area contributed by atoms with Crippen molar-refractivity contribution in [2.45, 2.75) is 32.2 Å². The van der Waals surface area contributed by atoms with Crippen molar-refractivity contribution in [2.75, 3.05) is 0 Å². The van der Waals surface area contributed by atoms with Gasteiger partial charge in [-0.3, -0.25) is 0 Å². The Morgan fingerprint density at radius 3 is 2.69 bits per heavy atom. The number of rotatable bonds is 3. The van der Waals surface area contributed by atoms with Gasteiger partial charge in [-0.25, -0.2) is 0 Å². The summed E-state index contributed by atoms with van der Waals surface area (Å²) in [6, 6.07) is 8.62. The molecular formula is C11H16BrN. The molecule has 2 atom stereocenters. The lowest BCUT2D eigenvalue weighted by Gasteiger charge is -2.18. The van der Waals surface area contributed by atoms with E-state index in [9.17, 15) is 0 Å². The Balaban J connectivity index is 2.82. The molecule has 0 heterocycles. The van der Waals surface area contributed by atoms with Crippen LogP contribution in [0, 0.1) is 0 Å². The topological polar surface area (TPSA) is 26.0 Å². The molecule has 0 bridgehead atoms. The van der Waals surface area contributed by atoms with Gasteiger partial charge < -0.3 is 5.73 Å². The molecule has 1 nitrogen and oxygen atoms in total. The highest BCUT2D eigenvalue weighted by atomic mass is 79.9. The Morgan fingerprint density at radius 2 is 2.15 bits per heavy atom. The highest BCUT2D eigenvalue weighted by Gasteiger charge is 2.12. The molecule has 2 unspecified atom stereocenters. The van der Waals surface area contributed by atoms with Crippen LogP contribution in [0.4, 0.5) is 0 Å². The molecular weight excluding hydrogens is 226 g/mol. The molecule has 0 saturated carbocycles. The summed E-state index contributed by atoms with van der Waals surface area (Å²) in [6.07, 6.45) is 1.02. The lowest BCUT2D eigenvalue weighted by molar-refractivity contribution is 0.551. The molecule has 0 amide bonds. The van der Waals surface area contributed by atoms with Gasteiger partial charge in [0.2, 0.25) is 0 Å². The summed E-state index contributed by atoms with van der Waals surface area (Å²) < 4.78 is 1.13. The van der Waals surface area contributed by atoms with Gasteiger partial charge in [0.15, 0.2) is 0 Å². The molecule has 1 rings (SSSR count). The standard InChI is InChI=1S/C11H16BrN/c1-3-11(13)8(2)9-5-4-6-10(12)7-9/h4-8,11H,3,13H2,1-2H3. The van der Waals surface area contributed by atoms with Crippen LogP contribution in [0.25, 0.3) is 0 Å². The van der Waals surface area contributed by atoms with E-state index in [-0.39, 0.29) is 6.04 Å². The zero-order chi connectivity index (χ0) is 9.84. The molecule has 0 aliphatic carbocycles. The zero-order valence-electron chi connectivity index (χ0n) is 8.13. The maximum absolute atomic E-state index is 5.98. The molecule has 72 valence electrons. The molecule has 0 saturated heterocycles. The van der Waals surface area contributed by atoms with Crippen molar-refractivity contribution in [3.63, 3.8) is 0 Å². The fourth-order valence-electron chi connectivity index (χ4n) is 1.39. The minimum Gasteiger partial charge on any atom is -0.327 e. The quantitative estimate of drug-likeness (QED) is 0.864. The summed E-state index contributed by atoms with van der Waals surface area (Å²) in [6.45, 7) is 4.30. The van der Waals surface area contributed by atoms with Crippen LogP contribution in [-0.4, -0.2) is 6.04 Å². The third-order valence-electron chi connectivity index (χ3n) is 2.49. The number of hydrogen-bond acceptors (Lipinski definition) is 1. The van der Waals surface area contributed by atoms with E-state index in [2.05, 4.69) is 48.0 Å². The third kappa shape index (κ3) is 2.82. The number of nitrogens with two attached hydrogens (primary N) is 1. The second-order valence-corrected chi connectivity index (χ2v) is 4.33. The molecule has 13 heavy (non-hydrogen) atoms. The van der Waals surface area contributed by atoms with Gasteiger partial charge in [-0.15, -0.1) is 0 Å². The SMILES string of the molecule is CCC(N)C(C)c1cccc(Br)c1. The molecule has 0 aliphatic rings. The largest absolute Gasteiger partial charge is 0.327 e. The number of hydrogen-bond donors (Lipinski definition) is 1. The number of benzene rings is 1. The van der Waals surface area contributed by atoms with Crippen LogP contribution in [0.2, 0.25) is 0 Å². The fourth-order valence-corrected chi connectivity index (χ4v) is 1.81. The van der Waals surface area contributed by atoms with Crippen molar-refractivity contribution < 1.29 is 0 Å². The van der Waals surface area contributed by atoms with E-state index in [0.29, 0.717) is 5.92 Å². The van der Waals surface area contributed by atoms with Gasteiger partial charge in [0.1, 0.15) is 0 Å². The Hall–Kier alpha value is -0.340. The van der Waals surface area contributed by atoms with Crippen LogP contribution < -0.4 is 5.73 Å². The first-order valence-electron chi connectivity index (χ1n) is 4.66. The Kier molecular flexibility index (Phi) is 3.94. The van der Waals surface area contributed by atoms with E-state index >= 15 is 0 Å². The second-order valence-electron chi connectivity index (χ2n) is 3.42. The normalized spacial score (nSPS) is 15.4. The van der Waals surface area contributed by atoms with Gasteiger partial charge >= 0.3 is 0 Å². The molecule has 0 spiro atoms. The monoisotopic (exact) mass is 241 g/mol. The van der Waals surface area contributed by atoms with E-state index in [1.54, 1.807) is 0 Å². The third-order valence-corrected chi connectivity index (χ3v) is 2.98. The Labute approximate surface area is 88.5 Å². The summed E-state index contributed by atoms with van der Waals surface area (Å²) in [7, 11) is 0. The molecule has 0 fully saturated rings. The van der Waals surface area contributed by atoms with E-state index in [0.717, 1.165) is 10.9 Å². The van der Waals surface area contributed by atoms with Crippen LogP contribution in [-0.2, 0) is 0 Å². The fraction of sp³-hybridized carbons (Fsp3) is 0.455. The van der Waals surface area contributed by atoms with Crippen molar-refractivity contribution in [3.05, 3.63) is 34.3 Å². The lowest BCUT2D eigenvalue weighted by Crippen LogP contribution is -2.25. The van der Waals surface area contributed by atoms with Crippen LogP contribution >= 0.6 is 15.9 Å². The highest BCUT2D eigenvalue weighted by molar-refractivity contribution is 9.10. The van der Waals surface area contributed by atoms with Gasteiger partial charge in [0.25, 0.3) is 0 Å². The molecule has 1 aromatic carbocycles. The first-order valence-corrected chi connectivity index (χ1v) is 5.45. The van der Waals surface area contributed by atoms with Crippen molar-refractivity contribution in [1.29, 1.82) is 0 Å². The van der Waals surface area contributed by atoms with Gasteiger partial charge in [-0.1, -0.05) is 41.9 Å². The van der Waals surface area contributed by atoms with Crippen molar-refractivity contribution in [3.8, 4) is 0 Å². The average Bonchev–Trinajstić information content (AvgIpc) is 2.15. The lowest BCUT2D eigenvalue weighted by atomic mass is 9.92. The van der Waals surface area contributed by atoms with Crippen LogP contribution in [0.15, 0.2) is 28.7 Å². The Morgan fingerprint density at radius 1 is 1.46 bits per heavy atom. The summed E-state index contributed by atoms with van der Waals surface area (Å²) in [5, 5.41) is 0. The molecule has 0 aliphatic heterocycles. The first kappa shape index (κ1) is 10.7. The summed E-state index contributed by atoms with van der Waals surface area (Å²) in [5.41, 5.74) is 7.29. The van der Waals surface area contributed by atoms with Crippen LogP contribution in [0.1, 0.15) is 31.7 Å². The van der Waals surface area contributed by atoms with Crippen molar-refractivity contribution in [1.82, 2.24) is 0 Å². The van der Waals surface area contributed by atoms with E-state index in [4.69, 9.17) is 5.73 Å². The molecule has 2 N–H and O–H groups in total. The molecule has 0 radical (unpaired) electrons. The minimum atomic E-state index is 0.259. The van der Waals surface area contributed by atoms with Gasteiger partial charge in [-0.05, 0) is 30.0 Å². The predicted octanol–water partition coefficient (Wildman–Crippen LogP) is 3.29. The van der Waals surface area contributed by atoms with Gasteiger partial charge in [0, 0.05) is 10.5 Å². The smallest absolute Gasteiger partial charge is 0.0178 e. The van der Waals surface area contributed by atoms with Crippen LogP contribution in [0.5, 0.6) is 0 Å². The van der Waals surface area contributed by atoms with Crippen molar-refractivity contribution in [2.24, 2.45) is 5.73 Å². The van der Waals surface area contributed by atoms with Crippen molar-refractivity contribution >= 4 is 15.9 Å². The summed E-state index contributed by atoms with van der Waals surface area (Å²) in [4.78, 5) is 0. The first-order chi connectivity index (χ1) is 6.15. The van der Waals surface area contributed by atoms with E-state index in [1.165, 1.54) is 5.56 Å². The maximum atomic E-state index is 5.98. The summed E-state index contributed by atoms with van der Waals surface area (Å²) >= 11 is 3.46. The molecule has 0 aromatic heterocycles. The highest BCUT2D eigenvalue weighted by Crippen LogP contribution is 2.22.